The summed E-state index contributed by atoms with van der Waals surface area (Å²) in [6.45, 7) is 0. The van der Waals surface area contributed by atoms with E-state index in [0.29, 0.717) is 17.2 Å². The third-order valence-electron chi connectivity index (χ3n) is 4.29. The third-order valence-corrected chi connectivity index (χ3v) is 6.21. The maximum atomic E-state index is 13.7. The zero-order valence-corrected chi connectivity index (χ0v) is 17.6. The summed E-state index contributed by atoms with van der Waals surface area (Å²) in [4.78, 5) is 3.46. The van der Waals surface area contributed by atoms with Gasteiger partial charge in [-0.2, -0.15) is 0 Å². The topological polar surface area (TPSA) is 98.0 Å². The monoisotopic (exact) mass is 430 g/mol. The fraction of sp³-hybridized carbons (Fsp3) is 0.0952. The largest absolute Gasteiger partial charge is 0.447 e. The van der Waals surface area contributed by atoms with Gasteiger partial charge in [0, 0.05) is 12.1 Å². The lowest BCUT2D eigenvalue weighted by Gasteiger charge is -2.25. The number of nitrogens with two attached hydrogens (primary N) is 1. The van der Waals surface area contributed by atoms with Crippen LogP contribution in [-0.4, -0.2) is 27.7 Å². The summed E-state index contributed by atoms with van der Waals surface area (Å²) in [6.07, 6.45) is 0.268. The molecule has 0 amide bonds. The summed E-state index contributed by atoms with van der Waals surface area (Å²) < 4.78 is 25.3. The van der Waals surface area contributed by atoms with E-state index < -0.39 is 13.4 Å². The first-order chi connectivity index (χ1) is 15.0. The minimum Gasteiger partial charge on any atom is -0.415 e. The molecule has 4 N–H and O–H groups in total. The fourth-order valence-electron chi connectivity index (χ4n) is 2.73. The van der Waals surface area contributed by atoms with Gasteiger partial charge in [0.25, 0.3) is 7.98 Å². The standard InChI is InChI=1S/C21H21B2N4O3P/c22-26-21(27-23)25-17-13-11-16(12-14-17)15-20(24)31(28,29-18-7-3-1-4-8-18)30-19-9-5-2-6-10-19/h1-14,20H,15,24H2,(H2,25,26,27). The van der Waals surface area contributed by atoms with Gasteiger partial charge in [0.2, 0.25) is 7.98 Å². The Balaban J connectivity index is 1.77. The van der Waals surface area contributed by atoms with Gasteiger partial charge < -0.3 is 30.2 Å². The maximum Gasteiger partial charge on any atom is 0.447 e. The van der Waals surface area contributed by atoms with Gasteiger partial charge in [-0.05, 0) is 42.0 Å². The molecule has 1 atom stereocenters. The molecule has 3 aromatic carbocycles. The molecule has 31 heavy (non-hydrogen) atoms. The molecule has 154 valence electrons. The van der Waals surface area contributed by atoms with E-state index >= 15 is 0 Å². The van der Waals surface area contributed by atoms with Crippen LogP contribution in [0, 0.1) is 0 Å². The third kappa shape index (κ3) is 6.41. The van der Waals surface area contributed by atoms with Crippen molar-refractivity contribution in [2.75, 3.05) is 5.32 Å². The SMILES string of the molecule is [B]N=C(N[B])Nc1ccc(CC(N)P(=O)(Oc2ccccc2)Oc2ccccc2)cc1. The molecule has 10 heteroatoms. The van der Waals surface area contributed by atoms with Crippen LogP contribution < -0.4 is 25.3 Å². The molecule has 4 radical (unpaired) electrons. The van der Waals surface area contributed by atoms with Crippen LogP contribution in [0.1, 0.15) is 5.56 Å². The molecular formula is C21H21B2N4O3P. The summed E-state index contributed by atoms with van der Waals surface area (Å²) >= 11 is 0. The van der Waals surface area contributed by atoms with E-state index in [0.717, 1.165) is 5.56 Å². The van der Waals surface area contributed by atoms with Crippen molar-refractivity contribution in [3.8, 4) is 11.5 Å². The van der Waals surface area contributed by atoms with Crippen molar-refractivity contribution >= 4 is 35.2 Å². The predicted molar refractivity (Wildman–Crippen MR) is 126 cm³/mol. The van der Waals surface area contributed by atoms with Gasteiger partial charge in [0.15, 0.2) is 5.96 Å². The average molecular weight is 430 g/mol. The van der Waals surface area contributed by atoms with Gasteiger partial charge in [-0.15, -0.1) is 0 Å². The maximum absolute atomic E-state index is 13.7. The van der Waals surface area contributed by atoms with Crippen molar-refractivity contribution in [1.29, 1.82) is 0 Å². The zero-order chi connectivity index (χ0) is 22.1. The normalized spacial score (nSPS) is 12.6. The second kappa shape index (κ2) is 10.8. The number of anilines is 1. The second-order valence-corrected chi connectivity index (χ2v) is 8.67. The van der Waals surface area contributed by atoms with E-state index in [1.54, 1.807) is 60.7 Å². The molecule has 0 saturated carbocycles. The van der Waals surface area contributed by atoms with Crippen molar-refractivity contribution < 1.29 is 13.6 Å². The molecule has 7 nitrogen and oxygen atoms in total. The molecule has 0 aliphatic carbocycles. The Morgan fingerprint density at radius 2 is 1.45 bits per heavy atom. The molecule has 0 bridgehead atoms. The molecule has 0 spiro atoms. The lowest BCUT2D eigenvalue weighted by atomic mass is 10.1. The molecule has 0 aliphatic heterocycles. The summed E-state index contributed by atoms with van der Waals surface area (Å²) in [5.74, 6) is 0.138. The van der Waals surface area contributed by atoms with E-state index in [1.807, 2.05) is 24.3 Å². The van der Waals surface area contributed by atoms with E-state index in [4.69, 9.17) is 30.7 Å². The van der Waals surface area contributed by atoms with E-state index in [-0.39, 0.29) is 12.4 Å². The van der Waals surface area contributed by atoms with Crippen LogP contribution in [0.15, 0.2) is 89.8 Å². The Bertz CT molecular complexity index is 992. The molecule has 0 aromatic heterocycles. The van der Waals surface area contributed by atoms with Gasteiger partial charge in [-0.25, -0.2) is 4.57 Å². The molecule has 1 unspecified atom stereocenters. The number of rotatable bonds is 8. The first-order valence-corrected chi connectivity index (χ1v) is 11.1. The predicted octanol–water partition coefficient (Wildman–Crippen LogP) is 3.39. The quantitative estimate of drug-likeness (QED) is 0.220. The summed E-state index contributed by atoms with van der Waals surface area (Å²) in [7, 11) is 6.75. The average Bonchev–Trinajstić information content (AvgIpc) is 2.79. The Kier molecular flexibility index (Phi) is 7.82. The fourth-order valence-corrected chi connectivity index (χ4v) is 4.30. The minimum absolute atomic E-state index is 0.210. The Morgan fingerprint density at radius 1 is 0.935 bits per heavy atom. The van der Waals surface area contributed by atoms with E-state index in [1.165, 1.54) is 0 Å². The summed E-state index contributed by atoms with van der Waals surface area (Å²) in [5, 5.41) is 5.25. The van der Waals surface area contributed by atoms with Crippen LogP contribution in [0.25, 0.3) is 0 Å². The van der Waals surface area contributed by atoms with Crippen LogP contribution in [0.4, 0.5) is 5.69 Å². The Morgan fingerprint density at radius 3 is 1.90 bits per heavy atom. The summed E-state index contributed by atoms with van der Waals surface area (Å²) in [5.41, 5.74) is 7.91. The molecule has 3 aromatic rings. The molecule has 0 heterocycles. The van der Waals surface area contributed by atoms with Gasteiger partial charge in [-0.3, -0.25) is 0 Å². The number of para-hydroxylation sites is 2. The Labute approximate surface area is 184 Å². The Hall–Kier alpha value is -3.15. The molecule has 0 saturated heterocycles. The van der Waals surface area contributed by atoms with Crippen molar-refractivity contribution in [3.63, 3.8) is 0 Å². The lowest BCUT2D eigenvalue weighted by molar-refractivity contribution is 0.371. The van der Waals surface area contributed by atoms with Crippen molar-refractivity contribution in [2.24, 2.45) is 10.6 Å². The first kappa shape index (κ1) is 22.5. The van der Waals surface area contributed by atoms with Crippen molar-refractivity contribution in [3.05, 3.63) is 90.5 Å². The van der Waals surface area contributed by atoms with Gasteiger partial charge in [-0.1, -0.05) is 48.5 Å². The lowest BCUT2D eigenvalue weighted by Crippen LogP contribution is -2.28. The smallest absolute Gasteiger partial charge is 0.415 e. The number of benzene rings is 3. The molecular weight excluding hydrogens is 409 g/mol. The van der Waals surface area contributed by atoms with Crippen LogP contribution in [0.5, 0.6) is 11.5 Å². The van der Waals surface area contributed by atoms with Gasteiger partial charge in [0.1, 0.15) is 17.3 Å². The van der Waals surface area contributed by atoms with E-state index in [2.05, 4.69) is 15.4 Å². The highest BCUT2D eigenvalue weighted by atomic mass is 31.2. The number of nitrogens with zero attached hydrogens (tertiary/aromatic N) is 1. The van der Waals surface area contributed by atoms with E-state index in [9.17, 15) is 4.57 Å². The molecule has 3 rings (SSSR count). The molecule has 0 fully saturated rings. The zero-order valence-electron chi connectivity index (χ0n) is 16.7. The highest BCUT2D eigenvalue weighted by Gasteiger charge is 2.37. The number of hydrogen-bond acceptors (Lipinski definition) is 5. The summed E-state index contributed by atoms with van der Waals surface area (Å²) in [6, 6.07) is 24.9. The van der Waals surface area contributed by atoms with Crippen molar-refractivity contribution in [2.45, 2.75) is 12.2 Å². The van der Waals surface area contributed by atoms with Crippen molar-refractivity contribution in [1.82, 2.24) is 5.23 Å². The number of nitrogens with one attached hydrogen (secondary N) is 2. The minimum atomic E-state index is -3.76. The number of guanidine groups is 1. The number of hydrogen-bond donors (Lipinski definition) is 3. The van der Waals surface area contributed by atoms with Gasteiger partial charge in [0.05, 0.1) is 0 Å². The van der Waals surface area contributed by atoms with Crippen LogP contribution in [-0.2, 0) is 11.0 Å². The second-order valence-electron chi connectivity index (χ2n) is 6.56. The first-order valence-electron chi connectivity index (χ1n) is 9.47. The van der Waals surface area contributed by atoms with Crippen LogP contribution >= 0.6 is 7.60 Å². The highest BCUT2D eigenvalue weighted by Crippen LogP contribution is 2.51. The van der Waals surface area contributed by atoms with Gasteiger partial charge >= 0.3 is 7.60 Å². The highest BCUT2D eigenvalue weighted by molar-refractivity contribution is 7.55. The van der Waals surface area contributed by atoms with Crippen LogP contribution in [0.3, 0.4) is 0 Å². The molecule has 0 aliphatic rings. The van der Waals surface area contributed by atoms with Crippen LogP contribution in [0.2, 0.25) is 0 Å².